The molecule has 6 nitrogen and oxygen atoms in total. The number of aromatic nitrogens is 2. The molecule has 1 fully saturated rings. The van der Waals surface area contributed by atoms with E-state index in [0.29, 0.717) is 12.0 Å². The molecule has 4 N–H and O–H groups in total. The molecule has 1 saturated heterocycles. The minimum absolute atomic E-state index is 0.0402. The molecule has 0 bridgehead atoms. The van der Waals surface area contributed by atoms with Crippen molar-refractivity contribution in [2.45, 2.75) is 50.7 Å². The fourth-order valence-corrected chi connectivity index (χ4v) is 4.31. The average Bonchev–Trinajstić information content (AvgIpc) is 2.72. The Morgan fingerprint density at radius 3 is 2.67 bits per heavy atom. The smallest absolute Gasteiger partial charge is 0.399 e. The van der Waals surface area contributed by atoms with E-state index < -0.39 is 11.7 Å². The first-order chi connectivity index (χ1) is 14.3. The van der Waals surface area contributed by atoms with E-state index in [-0.39, 0.29) is 11.4 Å². The number of nitrogen functional groups attached to an aromatic ring is 1. The van der Waals surface area contributed by atoms with Crippen molar-refractivity contribution in [1.29, 1.82) is 0 Å². The second-order valence-electron chi connectivity index (χ2n) is 8.04. The largest absolute Gasteiger partial charge is 0.416 e. The molecule has 2 heterocycles. The van der Waals surface area contributed by atoms with Crippen molar-refractivity contribution in [3.8, 4) is 0 Å². The lowest BCUT2D eigenvalue weighted by Gasteiger charge is -2.35. The predicted molar refractivity (Wildman–Crippen MR) is 112 cm³/mol. The Balaban J connectivity index is 1.69. The number of aryl methyl sites for hydroxylation is 1. The monoisotopic (exact) mass is 420 g/mol. The van der Waals surface area contributed by atoms with Crippen LogP contribution in [-0.2, 0) is 19.0 Å². The maximum Gasteiger partial charge on any atom is 0.416 e. The van der Waals surface area contributed by atoms with E-state index in [4.69, 9.17) is 10.7 Å². The third-order valence-electron chi connectivity index (χ3n) is 5.83. The Kier molecular flexibility index (Phi) is 5.73. The van der Waals surface area contributed by atoms with Gasteiger partial charge in [0.1, 0.15) is 5.82 Å². The molecule has 1 atom stereocenters. The molecule has 1 aliphatic carbocycles. The second-order valence-corrected chi connectivity index (χ2v) is 8.04. The van der Waals surface area contributed by atoms with E-state index in [9.17, 15) is 13.2 Å². The molecule has 0 amide bonds. The standard InChI is InChI=1S/C21H27F3N6/c1-26-15-5-4-8-30(12-15)19-17-6-2-3-7-18(17)28-20(29-19)27-16-10-13(21(22,23)24)9-14(25)11-16/h9-11,15,26H,2-8,12,25H2,1H3,(H,27,28,29)/t15-/m1/s1. The van der Waals surface area contributed by atoms with Crippen molar-refractivity contribution in [3.05, 3.63) is 35.0 Å². The van der Waals surface area contributed by atoms with Crippen LogP contribution in [0.3, 0.4) is 0 Å². The molecule has 1 aromatic heterocycles. The molecule has 0 radical (unpaired) electrons. The summed E-state index contributed by atoms with van der Waals surface area (Å²) >= 11 is 0. The van der Waals surface area contributed by atoms with Gasteiger partial charge in [-0.25, -0.2) is 4.98 Å². The number of nitrogens with zero attached hydrogens (tertiary/aromatic N) is 3. The van der Waals surface area contributed by atoms with Crippen molar-refractivity contribution < 1.29 is 13.2 Å². The Hall–Kier alpha value is -2.55. The highest BCUT2D eigenvalue weighted by molar-refractivity contribution is 5.64. The minimum Gasteiger partial charge on any atom is -0.399 e. The molecule has 2 aliphatic rings. The molecule has 162 valence electrons. The van der Waals surface area contributed by atoms with E-state index in [2.05, 4.69) is 20.5 Å². The number of anilines is 4. The lowest BCUT2D eigenvalue weighted by molar-refractivity contribution is -0.137. The molecule has 2 aromatic rings. The number of rotatable bonds is 4. The van der Waals surface area contributed by atoms with Crippen LogP contribution in [0.25, 0.3) is 0 Å². The summed E-state index contributed by atoms with van der Waals surface area (Å²) in [5.74, 6) is 1.22. The van der Waals surface area contributed by atoms with Crippen LogP contribution in [0.5, 0.6) is 0 Å². The second kappa shape index (κ2) is 8.29. The molecule has 1 aromatic carbocycles. The molecule has 0 spiro atoms. The molecular weight excluding hydrogens is 393 g/mol. The summed E-state index contributed by atoms with van der Waals surface area (Å²) in [6.45, 7) is 1.77. The van der Waals surface area contributed by atoms with Crippen LogP contribution in [0.2, 0.25) is 0 Å². The van der Waals surface area contributed by atoms with E-state index in [0.717, 1.165) is 75.3 Å². The van der Waals surface area contributed by atoms with Gasteiger partial charge in [0.15, 0.2) is 0 Å². The van der Waals surface area contributed by atoms with Crippen molar-refractivity contribution in [1.82, 2.24) is 15.3 Å². The van der Waals surface area contributed by atoms with Crippen molar-refractivity contribution >= 4 is 23.1 Å². The number of fused-ring (bicyclic) bond motifs is 1. The van der Waals surface area contributed by atoms with Crippen LogP contribution in [0.15, 0.2) is 18.2 Å². The van der Waals surface area contributed by atoms with Gasteiger partial charge >= 0.3 is 6.18 Å². The Bertz CT molecular complexity index is 914. The molecule has 9 heteroatoms. The summed E-state index contributed by atoms with van der Waals surface area (Å²) in [6, 6.07) is 3.83. The van der Waals surface area contributed by atoms with Gasteiger partial charge in [-0.15, -0.1) is 0 Å². The third kappa shape index (κ3) is 4.45. The van der Waals surface area contributed by atoms with Gasteiger partial charge in [-0.05, 0) is 63.8 Å². The van der Waals surface area contributed by atoms with Crippen LogP contribution in [0.1, 0.15) is 42.5 Å². The van der Waals surface area contributed by atoms with Crippen LogP contribution in [-0.4, -0.2) is 36.1 Å². The van der Waals surface area contributed by atoms with Crippen LogP contribution in [0.4, 0.5) is 36.3 Å². The van der Waals surface area contributed by atoms with E-state index in [1.54, 1.807) is 0 Å². The number of alkyl halides is 3. The summed E-state index contributed by atoms with van der Waals surface area (Å²) in [6.07, 6.45) is 1.66. The van der Waals surface area contributed by atoms with Gasteiger partial charge in [0.2, 0.25) is 5.95 Å². The average molecular weight is 420 g/mol. The topological polar surface area (TPSA) is 79.1 Å². The quantitative estimate of drug-likeness (QED) is 0.652. The van der Waals surface area contributed by atoms with Gasteiger partial charge in [0, 0.05) is 36.1 Å². The lowest BCUT2D eigenvalue weighted by atomic mass is 9.95. The lowest BCUT2D eigenvalue weighted by Crippen LogP contribution is -2.45. The number of benzene rings is 1. The summed E-state index contributed by atoms with van der Waals surface area (Å²) in [5.41, 5.74) is 7.34. The highest BCUT2D eigenvalue weighted by atomic mass is 19.4. The minimum atomic E-state index is -4.47. The van der Waals surface area contributed by atoms with E-state index >= 15 is 0 Å². The van der Waals surface area contributed by atoms with Gasteiger partial charge < -0.3 is 21.3 Å². The number of nitrogens with two attached hydrogens (primary N) is 1. The highest BCUT2D eigenvalue weighted by Crippen LogP contribution is 2.35. The zero-order valence-electron chi connectivity index (χ0n) is 17.0. The Morgan fingerprint density at radius 1 is 1.10 bits per heavy atom. The van der Waals surface area contributed by atoms with Crippen molar-refractivity contribution in [2.24, 2.45) is 0 Å². The Morgan fingerprint density at radius 2 is 1.90 bits per heavy atom. The van der Waals surface area contributed by atoms with Crippen molar-refractivity contribution in [2.75, 3.05) is 36.1 Å². The molecule has 0 unspecified atom stereocenters. The first kappa shape index (κ1) is 20.7. The molecule has 4 rings (SSSR count). The SMILES string of the molecule is CN[C@@H]1CCCN(c2nc(Nc3cc(N)cc(C(F)(F)F)c3)nc3c2CCCC3)C1. The number of halogens is 3. The molecule has 1 aliphatic heterocycles. The van der Waals surface area contributed by atoms with Crippen LogP contribution < -0.4 is 21.3 Å². The van der Waals surface area contributed by atoms with E-state index in [1.165, 1.54) is 11.6 Å². The van der Waals surface area contributed by atoms with Crippen molar-refractivity contribution in [3.63, 3.8) is 0 Å². The summed E-state index contributed by atoms with van der Waals surface area (Å²) in [5, 5.41) is 6.31. The number of piperidine rings is 1. The number of nitrogens with one attached hydrogen (secondary N) is 2. The summed E-state index contributed by atoms with van der Waals surface area (Å²) in [7, 11) is 1.97. The summed E-state index contributed by atoms with van der Waals surface area (Å²) in [4.78, 5) is 11.7. The van der Waals surface area contributed by atoms with Gasteiger partial charge in [0.05, 0.1) is 11.3 Å². The fraction of sp³-hybridized carbons (Fsp3) is 0.524. The maximum absolute atomic E-state index is 13.2. The number of hydrogen-bond acceptors (Lipinski definition) is 6. The van der Waals surface area contributed by atoms with Gasteiger partial charge in [0.25, 0.3) is 0 Å². The molecule has 0 saturated carbocycles. The number of likely N-dealkylation sites (N-methyl/N-ethyl adjacent to an activating group) is 1. The molecule has 30 heavy (non-hydrogen) atoms. The highest BCUT2D eigenvalue weighted by Gasteiger charge is 2.31. The first-order valence-corrected chi connectivity index (χ1v) is 10.4. The van der Waals surface area contributed by atoms with E-state index in [1.807, 2.05) is 7.05 Å². The first-order valence-electron chi connectivity index (χ1n) is 10.4. The summed E-state index contributed by atoms with van der Waals surface area (Å²) < 4.78 is 39.5. The molecular formula is C21H27F3N6. The Labute approximate surface area is 174 Å². The maximum atomic E-state index is 13.2. The zero-order chi connectivity index (χ0) is 21.3. The zero-order valence-corrected chi connectivity index (χ0v) is 17.0. The fourth-order valence-electron chi connectivity index (χ4n) is 4.31. The van der Waals surface area contributed by atoms with Gasteiger partial charge in [-0.3, -0.25) is 0 Å². The van der Waals surface area contributed by atoms with Crippen LogP contribution >= 0.6 is 0 Å². The number of hydrogen-bond donors (Lipinski definition) is 3. The van der Waals surface area contributed by atoms with Gasteiger partial charge in [-0.1, -0.05) is 0 Å². The third-order valence-corrected chi connectivity index (χ3v) is 5.83. The normalized spacial score (nSPS) is 19.5. The predicted octanol–water partition coefficient (Wildman–Crippen LogP) is 3.89. The van der Waals surface area contributed by atoms with Gasteiger partial charge in [-0.2, -0.15) is 18.2 Å². The van der Waals surface area contributed by atoms with Crippen LogP contribution in [0, 0.1) is 0 Å².